The van der Waals surface area contributed by atoms with Crippen molar-refractivity contribution in [3.05, 3.63) is 114 Å². The fourth-order valence-corrected chi connectivity index (χ4v) is 5.89. The van der Waals surface area contributed by atoms with E-state index in [0.29, 0.717) is 67.1 Å². The molecular formula is C33H25FN8O3S. The van der Waals surface area contributed by atoms with Crippen LogP contribution in [0.15, 0.2) is 97.5 Å². The third-order valence-electron chi connectivity index (χ3n) is 7.52. The van der Waals surface area contributed by atoms with Crippen molar-refractivity contribution < 1.29 is 17.6 Å². The molecule has 5 N–H and O–H groups in total. The monoisotopic (exact) mass is 632 g/mol. The lowest BCUT2D eigenvalue weighted by molar-refractivity contribution is 0.102. The zero-order valence-corrected chi connectivity index (χ0v) is 25.0. The predicted molar refractivity (Wildman–Crippen MR) is 174 cm³/mol. The highest BCUT2D eigenvalue weighted by molar-refractivity contribution is 7.90. The van der Waals surface area contributed by atoms with Gasteiger partial charge >= 0.3 is 0 Å². The molecular weight excluding hydrogens is 607 g/mol. The first-order valence-electron chi connectivity index (χ1n) is 14.0. The molecule has 0 aliphatic heterocycles. The largest absolute Gasteiger partial charge is 0.353 e. The number of sulfone groups is 1. The Kier molecular flexibility index (Phi) is 7.11. The van der Waals surface area contributed by atoms with E-state index in [-0.39, 0.29) is 11.5 Å². The number of fused-ring (bicyclic) bond motifs is 2. The molecule has 0 aliphatic rings. The van der Waals surface area contributed by atoms with Crippen molar-refractivity contribution in [3.8, 4) is 33.9 Å². The Balaban J connectivity index is 1.25. The number of carbonyl (C=O) groups is 1. The second-order valence-electron chi connectivity index (χ2n) is 10.8. The summed E-state index contributed by atoms with van der Waals surface area (Å²) >= 11 is 0. The summed E-state index contributed by atoms with van der Waals surface area (Å²) in [4.78, 5) is 29.7. The molecule has 2 aromatic carbocycles. The molecule has 0 spiro atoms. The van der Waals surface area contributed by atoms with Crippen LogP contribution in [0, 0.1) is 5.82 Å². The number of nitrogens with two attached hydrogens (primary N) is 1. The minimum absolute atomic E-state index is 0.125. The van der Waals surface area contributed by atoms with Crippen LogP contribution in [0.5, 0.6) is 0 Å². The van der Waals surface area contributed by atoms with Gasteiger partial charge in [0.15, 0.2) is 9.84 Å². The van der Waals surface area contributed by atoms with Gasteiger partial charge in [-0.3, -0.25) is 19.9 Å². The van der Waals surface area contributed by atoms with Gasteiger partial charge in [0.25, 0.3) is 5.91 Å². The van der Waals surface area contributed by atoms with E-state index in [1.807, 2.05) is 24.3 Å². The van der Waals surface area contributed by atoms with E-state index in [4.69, 9.17) is 10.7 Å². The van der Waals surface area contributed by atoms with E-state index in [1.165, 1.54) is 12.1 Å². The molecule has 5 heterocycles. The summed E-state index contributed by atoms with van der Waals surface area (Å²) < 4.78 is 38.8. The van der Waals surface area contributed by atoms with Gasteiger partial charge in [-0.25, -0.2) is 17.8 Å². The standard InChI is InChI=1S/C33H25FN8O3S/c1-46(44,45)32(35)20-11-19(12-22(34)13-20)29-24-15-28(39-26(24)9-10-37-29)31-30-27(41-42-31)8-7-25(40-30)21-14-23(17-36-16-21)38-33(43)18-5-3-2-4-6-18/h2-17,32,39H,35H2,1H3,(H,38,43)(H,41,42). The van der Waals surface area contributed by atoms with Gasteiger partial charge < -0.3 is 16.0 Å². The molecule has 228 valence electrons. The summed E-state index contributed by atoms with van der Waals surface area (Å²) in [6, 6.07) is 21.9. The summed E-state index contributed by atoms with van der Waals surface area (Å²) in [5.74, 6) is -0.880. The predicted octanol–water partition coefficient (Wildman–Crippen LogP) is 5.62. The van der Waals surface area contributed by atoms with Crippen molar-refractivity contribution in [2.45, 2.75) is 5.37 Å². The first-order valence-corrected chi connectivity index (χ1v) is 16.0. The van der Waals surface area contributed by atoms with E-state index in [1.54, 1.807) is 55.0 Å². The topological polar surface area (TPSA) is 172 Å². The number of hydrogen-bond donors (Lipinski definition) is 4. The lowest BCUT2D eigenvalue weighted by Crippen LogP contribution is -2.20. The minimum Gasteiger partial charge on any atom is -0.353 e. The van der Waals surface area contributed by atoms with Crippen molar-refractivity contribution in [2.24, 2.45) is 5.73 Å². The highest BCUT2D eigenvalue weighted by Gasteiger charge is 2.21. The Morgan fingerprint density at radius 2 is 1.76 bits per heavy atom. The maximum absolute atomic E-state index is 14.7. The maximum atomic E-state index is 14.7. The molecule has 13 heteroatoms. The lowest BCUT2D eigenvalue weighted by Gasteiger charge is -2.12. The summed E-state index contributed by atoms with van der Waals surface area (Å²) in [5.41, 5.74) is 12.4. The molecule has 11 nitrogen and oxygen atoms in total. The van der Waals surface area contributed by atoms with E-state index >= 15 is 0 Å². The molecule has 0 bridgehead atoms. The Hall–Kier alpha value is -5.79. The van der Waals surface area contributed by atoms with Gasteiger partial charge in [-0.1, -0.05) is 18.2 Å². The molecule has 7 rings (SSSR count). The maximum Gasteiger partial charge on any atom is 0.255 e. The average Bonchev–Trinajstić information content (AvgIpc) is 3.68. The summed E-state index contributed by atoms with van der Waals surface area (Å²) in [7, 11) is -3.66. The Labute approximate surface area is 261 Å². The quantitative estimate of drug-likeness (QED) is 0.175. The van der Waals surface area contributed by atoms with Gasteiger partial charge in [-0.05, 0) is 66.2 Å². The van der Waals surface area contributed by atoms with E-state index in [0.717, 1.165) is 12.3 Å². The molecule has 0 radical (unpaired) electrons. The second kappa shape index (κ2) is 11.3. The first kappa shape index (κ1) is 29.0. The molecule has 0 aliphatic carbocycles. The molecule has 7 aromatic rings. The van der Waals surface area contributed by atoms with Crippen LogP contribution in [-0.2, 0) is 9.84 Å². The molecule has 1 unspecified atom stereocenters. The van der Waals surface area contributed by atoms with Gasteiger partial charge in [-0.2, -0.15) is 5.10 Å². The number of anilines is 1. The van der Waals surface area contributed by atoms with Crippen LogP contribution in [-0.4, -0.2) is 50.7 Å². The number of nitrogens with zero attached hydrogens (tertiary/aromatic N) is 4. The number of benzene rings is 2. The molecule has 0 fully saturated rings. The number of halogens is 1. The number of pyridine rings is 3. The third kappa shape index (κ3) is 5.49. The Morgan fingerprint density at radius 3 is 2.57 bits per heavy atom. The number of amides is 1. The zero-order chi connectivity index (χ0) is 32.0. The Morgan fingerprint density at radius 1 is 0.935 bits per heavy atom. The van der Waals surface area contributed by atoms with E-state index in [2.05, 4.69) is 30.5 Å². The number of hydrogen-bond acceptors (Lipinski definition) is 8. The SMILES string of the molecule is CS(=O)(=O)C(N)c1cc(F)cc(-c2nccc3[nH]c(-c4n[nH]c5ccc(-c6cncc(NC(=O)c7ccccc7)c6)nc45)cc23)c1. The van der Waals surface area contributed by atoms with Crippen LogP contribution < -0.4 is 11.1 Å². The number of rotatable bonds is 7. The third-order valence-corrected chi connectivity index (χ3v) is 8.72. The zero-order valence-electron chi connectivity index (χ0n) is 24.2. The smallest absolute Gasteiger partial charge is 0.255 e. The molecule has 1 amide bonds. The number of aromatic nitrogens is 6. The summed E-state index contributed by atoms with van der Waals surface area (Å²) in [5, 5.41) is 9.68. The molecule has 0 saturated carbocycles. The first-order chi connectivity index (χ1) is 22.1. The molecule has 5 aromatic heterocycles. The van der Waals surface area contributed by atoms with Gasteiger partial charge in [-0.15, -0.1) is 0 Å². The lowest BCUT2D eigenvalue weighted by atomic mass is 10.0. The fourth-order valence-electron chi connectivity index (χ4n) is 5.26. The van der Waals surface area contributed by atoms with Crippen LogP contribution in [0.25, 0.3) is 55.8 Å². The van der Waals surface area contributed by atoms with Crippen molar-refractivity contribution in [1.29, 1.82) is 0 Å². The number of nitrogens with one attached hydrogen (secondary N) is 3. The normalized spacial score (nSPS) is 12.4. The average molecular weight is 633 g/mol. The van der Waals surface area contributed by atoms with Gasteiger partial charge in [0.1, 0.15) is 22.4 Å². The molecule has 46 heavy (non-hydrogen) atoms. The van der Waals surface area contributed by atoms with Gasteiger partial charge in [0.05, 0.1) is 34.5 Å². The fraction of sp³-hybridized carbons (Fsp3) is 0.0606. The van der Waals surface area contributed by atoms with Crippen molar-refractivity contribution >= 4 is 43.4 Å². The highest BCUT2D eigenvalue weighted by atomic mass is 32.2. The van der Waals surface area contributed by atoms with Crippen LogP contribution in [0.1, 0.15) is 21.3 Å². The van der Waals surface area contributed by atoms with Crippen LogP contribution >= 0.6 is 0 Å². The van der Waals surface area contributed by atoms with Crippen molar-refractivity contribution in [1.82, 2.24) is 30.1 Å². The van der Waals surface area contributed by atoms with E-state index in [9.17, 15) is 17.6 Å². The molecule has 0 saturated heterocycles. The van der Waals surface area contributed by atoms with Crippen molar-refractivity contribution in [2.75, 3.05) is 11.6 Å². The summed E-state index contributed by atoms with van der Waals surface area (Å²) in [6.07, 6.45) is 5.81. The van der Waals surface area contributed by atoms with Gasteiger partial charge in [0.2, 0.25) is 0 Å². The van der Waals surface area contributed by atoms with Gasteiger partial charge in [0, 0.05) is 46.2 Å². The second-order valence-corrected chi connectivity index (χ2v) is 12.9. The van der Waals surface area contributed by atoms with Crippen LogP contribution in [0.4, 0.5) is 10.1 Å². The summed E-state index contributed by atoms with van der Waals surface area (Å²) in [6.45, 7) is 0. The number of carbonyl (C=O) groups excluding carboxylic acids is 1. The minimum atomic E-state index is -3.66. The number of H-pyrrole nitrogens is 2. The van der Waals surface area contributed by atoms with Crippen LogP contribution in [0.3, 0.4) is 0 Å². The highest BCUT2D eigenvalue weighted by Crippen LogP contribution is 2.34. The van der Waals surface area contributed by atoms with Crippen molar-refractivity contribution in [3.63, 3.8) is 0 Å². The number of aromatic amines is 2. The van der Waals surface area contributed by atoms with E-state index < -0.39 is 21.0 Å². The van der Waals surface area contributed by atoms with Crippen LogP contribution in [0.2, 0.25) is 0 Å². The Bertz CT molecular complexity index is 2390. The molecule has 1 atom stereocenters.